The molecule has 2 aliphatic rings. The van der Waals surface area contributed by atoms with Crippen LogP contribution in [0.5, 0.6) is 11.5 Å². The first-order valence-electron chi connectivity index (χ1n) is 11.9. The second-order valence-corrected chi connectivity index (χ2v) is 10.9. The average Bonchev–Trinajstić information content (AvgIpc) is 3.33. The Bertz CT molecular complexity index is 1640. The monoisotopic (exact) mass is 526 g/mol. The van der Waals surface area contributed by atoms with E-state index in [-0.39, 0.29) is 53.2 Å². The predicted molar refractivity (Wildman–Crippen MR) is 130 cm³/mol. The first-order valence-corrected chi connectivity index (χ1v) is 13.3. The summed E-state index contributed by atoms with van der Waals surface area (Å²) in [5.41, 5.74) is 0.683. The predicted octanol–water partition coefficient (Wildman–Crippen LogP) is 2.04. The van der Waals surface area contributed by atoms with Gasteiger partial charge < -0.3 is 14.5 Å². The third kappa shape index (κ3) is 4.33. The van der Waals surface area contributed by atoms with Gasteiger partial charge >= 0.3 is 0 Å². The van der Waals surface area contributed by atoms with Crippen molar-refractivity contribution in [3.63, 3.8) is 0 Å². The molecule has 0 saturated carbocycles. The lowest BCUT2D eigenvalue weighted by molar-refractivity contribution is 0.166. The number of rotatable bonds is 5. The second-order valence-electron chi connectivity index (χ2n) is 8.98. The van der Waals surface area contributed by atoms with E-state index in [0.29, 0.717) is 37.6 Å². The quantitative estimate of drug-likeness (QED) is 0.418. The maximum atomic E-state index is 13.6. The number of fused-ring (bicyclic) bond motifs is 2. The lowest BCUT2D eigenvalue weighted by atomic mass is 9.99. The van der Waals surface area contributed by atoms with Crippen molar-refractivity contribution >= 4 is 21.2 Å². The van der Waals surface area contributed by atoms with Gasteiger partial charge in [-0.15, -0.1) is 5.10 Å². The summed E-state index contributed by atoms with van der Waals surface area (Å²) in [6, 6.07) is 10.8. The molecule has 13 heteroatoms. The zero-order valence-corrected chi connectivity index (χ0v) is 20.4. The normalized spacial score (nSPS) is 18.2. The topological polar surface area (TPSA) is 132 Å². The van der Waals surface area contributed by atoms with Gasteiger partial charge in [-0.2, -0.15) is 4.31 Å². The number of hydrogen-bond acceptors (Lipinski definition) is 8. The van der Waals surface area contributed by atoms with Crippen LogP contribution in [-0.4, -0.2) is 64.0 Å². The standard InChI is InChI=1S/C24H23FN6O5S/c25-17-8-6-15(7-9-17)13-31-23-20(28-29-31)24(32)27-22(26-23)16-3-2-10-30(14-16)37(33,34)19-5-1-4-18-21(19)36-12-11-35-18/h1,4-9,16H,2-3,10-14H2,(H,26,27,32). The molecular weight excluding hydrogens is 503 g/mol. The highest BCUT2D eigenvalue weighted by molar-refractivity contribution is 7.89. The van der Waals surface area contributed by atoms with Crippen molar-refractivity contribution in [1.82, 2.24) is 29.3 Å². The van der Waals surface area contributed by atoms with Crippen LogP contribution in [0.3, 0.4) is 0 Å². The molecule has 6 rings (SSSR count). The van der Waals surface area contributed by atoms with E-state index in [1.807, 2.05) is 0 Å². The summed E-state index contributed by atoms with van der Waals surface area (Å²) in [6.45, 7) is 1.35. The molecule has 0 radical (unpaired) electrons. The Kier molecular flexibility index (Phi) is 5.88. The number of benzene rings is 2. The van der Waals surface area contributed by atoms with Gasteiger partial charge in [0.05, 0.1) is 6.54 Å². The van der Waals surface area contributed by atoms with Crippen molar-refractivity contribution < 1.29 is 22.3 Å². The van der Waals surface area contributed by atoms with Crippen molar-refractivity contribution in [3.05, 3.63) is 70.0 Å². The number of nitrogens with one attached hydrogen (secondary N) is 1. The minimum atomic E-state index is -3.89. The van der Waals surface area contributed by atoms with Gasteiger partial charge in [-0.25, -0.2) is 22.5 Å². The maximum absolute atomic E-state index is 13.6. The maximum Gasteiger partial charge on any atom is 0.281 e. The van der Waals surface area contributed by atoms with Gasteiger partial charge in [-0.3, -0.25) is 4.79 Å². The number of halogens is 1. The molecule has 0 amide bonds. The Morgan fingerprint density at radius 2 is 1.92 bits per heavy atom. The molecule has 4 heterocycles. The third-order valence-electron chi connectivity index (χ3n) is 6.56. The van der Waals surface area contributed by atoms with Crippen LogP contribution < -0.4 is 15.0 Å². The summed E-state index contributed by atoms with van der Waals surface area (Å²) in [5, 5.41) is 8.01. The molecule has 192 valence electrons. The molecule has 0 aliphatic carbocycles. The first kappa shape index (κ1) is 23.6. The molecule has 1 N–H and O–H groups in total. The summed E-state index contributed by atoms with van der Waals surface area (Å²) in [4.78, 5) is 20.3. The van der Waals surface area contributed by atoms with Crippen molar-refractivity contribution in [2.75, 3.05) is 26.3 Å². The molecule has 2 aromatic carbocycles. The molecule has 1 unspecified atom stereocenters. The fourth-order valence-corrected chi connectivity index (χ4v) is 6.39. The number of aromatic nitrogens is 5. The van der Waals surface area contributed by atoms with Crippen LogP contribution in [0.4, 0.5) is 4.39 Å². The van der Waals surface area contributed by atoms with E-state index in [1.165, 1.54) is 27.2 Å². The fraction of sp³-hybridized carbons (Fsp3) is 0.333. The van der Waals surface area contributed by atoms with E-state index in [9.17, 15) is 17.6 Å². The number of para-hydroxylation sites is 1. The number of hydrogen-bond donors (Lipinski definition) is 1. The Morgan fingerprint density at radius 1 is 1.11 bits per heavy atom. The molecule has 1 atom stereocenters. The minimum Gasteiger partial charge on any atom is -0.486 e. The molecule has 1 fully saturated rings. The van der Waals surface area contributed by atoms with E-state index in [1.54, 1.807) is 24.3 Å². The Hall–Kier alpha value is -3.84. The highest BCUT2D eigenvalue weighted by Crippen LogP contribution is 2.39. The fourth-order valence-electron chi connectivity index (χ4n) is 4.72. The van der Waals surface area contributed by atoms with Gasteiger partial charge in [0.25, 0.3) is 5.56 Å². The zero-order valence-electron chi connectivity index (χ0n) is 19.6. The van der Waals surface area contributed by atoms with Crippen LogP contribution in [0.25, 0.3) is 11.2 Å². The number of nitrogens with zero attached hydrogens (tertiary/aromatic N) is 5. The van der Waals surface area contributed by atoms with Crippen LogP contribution in [0, 0.1) is 5.82 Å². The largest absolute Gasteiger partial charge is 0.486 e. The Morgan fingerprint density at radius 3 is 2.76 bits per heavy atom. The lowest BCUT2D eigenvalue weighted by Crippen LogP contribution is -2.40. The van der Waals surface area contributed by atoms with Gasteiger partial charge in [0, 0.05) is 19.0 Å². The Balaban J connectivity index is 1.31. The molecular formula is C24H23FN6O5S. The summed E-state index contributed by atoms with van der Waals surface area (Å²) in [5.74, 6) is 0.302. The number of sulfonamides is 1. The zero-order chi connectivity index (χ0) is 25.6. The number of aromatic amines is 1. The van der Waals surface area contributed by atoms with E-state index in [2.05, 4.69) is 20.3 Å². The summed E-state index contributed by atoms with van der Waals surface area (Å²) in [7, 11) is -3.89. The number of ether oxygens (including phenoxy) is 2. The van der Waals surface area contributed by atoms with Gasteiger partial charge in [0.2, 0.25) is 10.0 Å². The summed E-state index contributed by atoms with van der Waals surface area (Å²) < 4.78 is 54.6. The van der Waals surface area contributed by atoms with Crippen LogP contribution in [0.2, 0.25) is 0 Å². The molecule has 2 aromatic heterocycles. The van der Waals surface area contributed by atoms with Crippen molar-refractivity contribution in [3.8, 4) is 11.5 Å². The van der Waals surface area contributed by atoms with Gasteiger partial charge in [-0.05, 0) is 42.7 Å². The van der Waals surface area contributed by atoms with E-state index in [0.717, 1.165) is 5.56 Å². The average molecular weight is 527 g/mol. The second kappa shape index (κ2) is 9.23. The van der Waals surface area contributed by atoms with Gasteiger partial charge in [0.1, 0.15) is 29.8 Å². The SMILES string of the molecule is O=c1[nH]c(C2CCCN(S(=O)(=O)c3cccc4c3OCCO4)C2)nc2c1nnn2Cc1ccc(F)cc1. The van der Waals surface area contributed by atoms with Gasteiger partial charge in [-0.1, -0.05) is 23.4 Å². The van der Waals surface area contributed by atoms with E-state index < -0.39 is 15.6 Å². The van der Waals surface area contributed by atoms with Gasteiger partial charge in [0.15, 0.2) is 22.7 Å². The minimum absolute atomic E-state index is 0.0591. The lowest BCUT2D eigenvalue weighted by Gasteiger charge is -2.32. The van der Waals surface area contributed by atoms with Crippen molar-refractivity contribution in [2.24, 2.45) is 0 Å². The van der Waals surface area contributed by atoms with E-state index >= 15 is 0 Å². The molecule has 4 aromatic rings. The summed E-state index contributed by atoms with van der Waals surface area (Å²) in [6.07, 6.45) is 1.23. The van der Waals surface area contributed by atoms with Crippen LogP contribution in [0.1, 0.15) is 30.1 Å². The molecule has 1 saturated heterocycles. The van der Waals surface area contributed by atoms with Crippen LogP contribution in [-0.2, 0) is 16.6 Å². The van der Waals surface area contributed by atoms with Crippen LogP contribution in [0.15, 0.2) is 52.2 Å². The number of H-pyrrole nitrogens is 1. The molecule has 0 bridgehead atoms. The van der Waals surface area contributed by atoms with Crippen molar-refractivity contribution in [1.29, 1.82) is 0 Å². The van der Waals surface area contributed by atoms with Crippen LogP contribution >= 0.6 is 0 Å². The molecule has 37 heavy (non-hydrogen) atoms. The number of piperidine rings is 1. The highest BCUT2D eigenvalue weighted by atomic mass is 32.2. The Labute approximate surface area is 210 Å². The third-order valence-corrected chi connectivity index (χ3v) is 8.45. The molecule has 2 aliphatic heterocycles. The first-order chi connectivity index (χ1) is 17.9. The molecule has 11 nitrogen and oxygen atoms in total. The molecule has 0 spiro atoms. The van der Waals surface area contributed by atoms with E-state index in [4.69, 9.17) is 9.47 Å². The smallest absolute Gasteiger partial charge is 0.281 e. The van der Waals surface area contributed by atoms with Crippen molar-refractivity contribution in [2.45, 2.75) is 30.2 Å². The summed E-state index contributed by atoms with van der Waals surface area (Å²) >= 11 is 0. The highest BCUT2D eigenvalue weighted by Gasteiger charge is 2.35.